The fourth-order valence-electron chi connectivity index (χ4n) is 4.24. The number of nitrogens with one attached hydrogen (secondary N) is 1. The highest BCUT2D eigenvalue weighted by Crippen LogP contribution is 2.41. The Labute approximate surface area is 211 Å². The Morgan fingerprint density at radius 3 is 2.39 bits per heavy atom. The van der Waals surface area contributed by atoms with Crippen LogP contribution in [-0.4, -0.2) is 49.8 Å². The zero-order valence-corrected chi connectivity index (χ0v) is 21.3. The maximum Gasteiger partial charge on any atom is 0.251 e. The molecule has 11 heteroatoms. The van der Waals surface area contributed by atoms with Crippen LogP contribution in [0.15, 0.2) is 54.7 Å². The van der Waals surface area contributed by atoms with Gasteiger partial charge in [0.2, 0.25) is 5.91 Å². The molecule has 2 amide bonds. The summed E-state index contributed by atoms with van der Waals surface area (Å²) in [6, 6.07) is 9.85. The van der Waals surface area contributed by atoms with Gasteiger partial charge < -0.3 is 19.5 Å². The molecule has 2 atom stereocenters. The number of ether oxygens (including phenoxy) is 1. The first-order chi connectivity index (χ1) is 17.0. The molecule has 1 saturated heterocycles. The molecule has 1 aliphatic heterocycles. The van der Waals surface area contributed by atoms with E-state index in [9.17, 15) is 14.2 Å². The zero-order chi connectivity index (χ0) is 26.2. The lowest BCUT2D eigenvalue weighted by atomic mass is 9.92. The van der Waals surface area contributed by atoms with Crippen LogP contribution in [0.1, 0.15) is 21.8 Å². The van der Waals surface area contributed by atoms with E-state index in [0.29, 0.717) is 5.02 Å². The molecule has 3 aromatic rings. The molecule has 188 valence electrons. The number of amides is 2. The van der Waals surface area contributed by atoms with E-state index >= 15 is 8.78 Å². The number of aromatic nitrogens is 1. The fraction of sp³-hybridized carbons (Fsp3) is 0.240. The lowest BCUT2D eigenvalue weighted by Gasteiger charge is -2.21. The summed E-state index contributed by atoms with van der Waals surface area (Å²) >= 11 is 5.90. The molecule has 0 saturated carbocycles. The number of carbonyl (C=O) groups excluding carboxylic acids is 2. The largest absolute Gasteiger partial charge is 0.497 e. The molecule has 1 fully saturated rings. The van der Waals surface area contributed by atoms with Crippen molar-refractivity contribution in [3.63, 3.8) is 0 Å². The van der Waals surface area contributed by atoms with Crippen LogP contribution in [-0.2, 0) is 9.36 Å². The maximum atomic E-state index is 15.1. The summed E-state index contributed by atoms with van der Waals surface area (Å²) in [7, 11) is -1.65. The Kier molecular flexibility index (Phi) is 7.16. The van der Waals surface area contributed by atoms with Gasteiger partial charge in [-0.15, -0.1) is 0 Å². The van der Waals surface area contributed by atoms with Crippen LogP contribution >= 0.6 is 18.7 Å². The average Bonchev–Trinajstić information content (AvgIpc) is 3.14. The number of hydrogen-bond donors (Lipinski definition) is 1. The second-order valence-corrected chi connectivity index (χ2v) is 12.3. The van der Waals surface area contributed by atoms with E-state index in [1.54, 1.807) is 12.1 Å². The van der Waals surface area contributed by atoms with Crippen molar-refractivity contribution in [3.05, 3.63) is 82.5 Å². The van der Waals surface area contributed by atoms with Gasteiger partial charge >= 0.3 is 0 Å². The monoisotopic (exact) mass is 533 g/mol. The van der Waals surface area contributed by atoms with E-state index in [1.807, 2.05) is 0 Å². The van der Waals surface area contributed by atoms with E-state index in [1.165, 1.54) is 55.8 Å². The maximum absolute atomic E-state index is 15.1. The first kappa shape index (κ1) is 25.8. The summed E-state index contributed by atoms with van der Waals surface area (Å²) in [4.78, 5) is 32.1. The molecule has 2 heterocycles. The predicted molar refractivity (Wildman–Crippen MR) is 134 cm³/mol. The molecule has 1 N–H and O–H groups in total. The van der Waals surface area contributed by atoms with Gasteiger partial charge in [0.25, 0.3) is 5.91 Å². The number of nitrogens with zero attached hydrogens (tertiary/aromatic N) is 2. The molecule has 0 bridgehead atoms. The standard InChI is InChI=1S/C25H23ClF2N3O4P/c1-35-16-11-18(27)21(19(28)12-16)17-13-31(20-5-4-10-29-24(20)36(2,3)34)25(33)22(17)30-23(32)14-6-8-15(26)9-7-14/h4-12,17,22H,13H2,1-3H3,(H,30,32)/t17-,22?/m0/s1. The van der Waals surface area contributed by atoms with E-state index in [-0.39, 0.29) is 34.5 Å². The smallest absolute Gasteiger partial charge is 0.251 e. The molecule has 4 rings (SSSR count). The SMILES string of the molecule is COc1cc(F)c([C@@H]2CN(c3cccnc3P(C)(C)=O)C(=O)C2NC(=O)c2ccc(Cl)cc2)c(F)c1. The topological polar surface area (TPSA) is 88.6 Å². The predicted octanol–water partition coefficient (Wildman–Crippen LogP) is 4.20. The summed E-state index contributed by atoms with van der Waals surface area (Å²) in [6.07, 6.45) is 1.46. The number of rotatable bonds is 6. The van der Waals surface area contributed by atoms with Gasteiger partial charge in [0.05, 0.1) is 12.8 Å². The number of methoxy groups -OCH3 is 1. The third-order valence-corrected chi connectivity index (χ3v) is 7.55. The van der Waals surface area contributed by atoms with E-state index in [2.05, 4.69) is 10.3 Å². The Morgan fingerprint density at radius 2 is 1.81 bits per heavy atom. The minimum Gasteiger partial charge on any atom is -0.497 e. The minimum absolute atomic E-state index is 0.0240. The highest BCUT2D eigenvalue weighted by atomic mass is 35.5. The molecular weight excluding hydrogens is 511 g/mol. The van der Waals surface area contributed by atoms with Crippen LogP contribution in [0.25, 0.3) is 0 Å². The quantitative estimate of drug-likeness (QED) is 0.480. The molecular formula is C25H23ClF2N3O4P. The molecule has 2 aromatic carbocycles. The second kappa shape index (κ2) is 9.99. The van der Waals surface area contributed by atoms with Crippen molar-refractivity contribution in [2.24, 2.45) is 0 Å². The van der Waals surface area contributed by atoms with Crippen molar-refractivity contribution in [1.29, 1.82) is 0 Å². The zero-order valence-electron chi connectivity index (χ0n) is 19.7. The van der Waals surface area contributed by atoms with Crippen molar-refractivity contribution in [2.75, 3.05) is 31.9 Å². The van der Waals surface area contributed by atoms with Gasteiger partial charge in [-0.05, 0) is 49.7 Å². The van der Waals surface area contributed by atoms with Crippen LogP contribution in [0.2, 0.25) is 5.02 Å². The minimum atomic E-state index is -2.93. The number of hydrogen-bond acceptors (Lipinski definition) is 5. The summed E-state index contributed by atoms with van der Waals surface area (Å²) in [6.45, 7) is 2.85. The van der Waals surface area contributed by atoms with Crippen molar-refractivity contribution >= 4 is 41.7 Å². The van der Waals surface area contributed by atoms with Crippen molar-refractivity contribution < 1.29 is 27.7 Å². The third-order valence-electron chi connectivity index (χ3n) is 5.93. The summed E-state index contributed by atoms with van der Waals surface area (Å²) < 4.78 is 48.1. The van der Waals surface area contributed by atoms with Gasteiger partial charge in [-0.25, -0.2) is 8.78 Å². The van der Waals surface area contributed by atoms with Crippen LogP contribution in [0, 0.1) is 11.6 Å². The Balaban J connectivity index is 1.79. The van der Waals surface area contributed by atoms with Crippen LogP contribution in [0.4, 0.5) is 14.5 Å². The van der Waals surface area contributed by atoms with Crippen molar-refractivity contribution in [1.82, 2.24) is 10.3 Å². The number of halogens is 3. The number of pyridine rings is 1. The van der Waals surface area contributed by atoms with E-state index in [4.69, 9.17) is 16.3 Å². The molecule has 7 nitrogen and oxygen atoms in total. The highest BCUT2D eigenvalue weighted by Gasteiger charge is 2.46. The van der Waals surface area contributed by atoms with Crippen LogP contribution in [0.5, 0.6) is 5.75 Å². The summed E-state index contributed by atoms with van der Waals surface area (Å²) in [5.41, 5.74) is 0.319. The number of anilines is 1. The molecule has 1 unspecified atom stereocenters. The Hall–Kier alpha value is -3.29. The molecule has 0 spiro atoms. The van der Waals surface area contributed by atoms with Crippen molar-refractivity contribution in [2.45, 2.75) is 12.0 Å². The lowest BCUT2D eigenvalue weighted by molar-refractivity contribution is -0.118. The van der Waals surface area contributed by atoms with Crippen molar-refractivity contribution in [3.8, 4) is 5.75 Å². The van der Waals surface area contributed by atoms with Gasteiger partial charge in [0, 0.05) is 46.9 Å². The second-order valence-electron chi connectivity index (χ2n) is 8.72. The van der Waals surface area contributed by atoms with Gasteiger partial charge in [-0.3, -0.25) is 14.6 Å². The number of benzene rings is 2. The third kappa shape index (κ3) is 4.99. The summed E-state index contributed by atoms with van der Waals surface area (Å²) in [5.74, 6) is -4.18. The molecule has 1 aromatic heterocycles. The molecule has 0 aliphatic carbocycles. The van der Waals surface area contributed by atoms with Gasteiger partial charge in [-0.1, -0.05) is 11.6 Å². The fourth-order valence-corrected chi connectivity index (χ4v) is 5.46. The van der Waals surface area contributed by atoms with Crippen LogP contribution < -0.4 is 20.4 Å². The first-order valence-corrected chi connectivity index (χ1v) is 13.9. The van der Waals surface area contributed by atoms with E-state index < -0.39 is 42.6 Å². The van der Waals surface area contributed by atoms with E-state index in [0.717, 1.165) is 12.1 Å². The van der Waals surface area contributed by atoms with Crippen LogP contribution in [0.3, 0.4) is 0 Å². The van der Waals surface area contributed by atoms with Gasteiger partial charge in [0.1, 0.15) is 36.0 Å². The molecule has 1 aliphatic rings. The number of carbonyl (C=O) groups is 2. The van der Waals surface area contributed by atoms with Gasteiger partial charge in [-0.2, -0.15) is 0 Å². The normalized spacial score (nSPS) is 17.8. The Morgan fingerprint density at radius 1 is 1.17 bits per heavy atom. The summed E-state index contributed by atoms with van der Waals surface area (Å²) in [5, 5.41) is 3.05. The first-order valence-electron chi connectivity index (χ1n) is 10.9. The highest BCUT2D eigenvalue weighted by molar-refractivity contribution is 7.70. The average molecular weight is 534 g/mol. The lowest BCUT2D eigenvalue weighted by Crippen LogP contribution is -2.44. The molecule has 36 heavy (non-hydrogen) atoms. The van der Waals surface area contributed by atoms with Gasteiger partial charge in [0.15, 0.2) is 0 Å². The Bertz CT molecular complexity index is 1360. The molecule has 0 radical (unpaired) electrons.